The average molecular weight is 314 g/mol. The van der Waals surface area contributed by atoms with Crippen molar-refractivity contribution in [2.45, 2.75) is 0 Å². The molecule has 0 spiro atoms. The molecule has 0 aliphatic heterocycles. The van der Waals surface area contributed by atoms with Crippen molar-refractivity contribution in [2.24, 2.45) is 0 Å². The number of nitrogens with two attached hydrogens (primary N) is 1. The highest BCUT2D eigenvalue weighted by molar-refractivity contribution is 6.37. The molecule has 0 unspecified atom stereocenters. The Morgan fingerprint density at radius 2 is 1.85 bits per heavy atom. The molecule has 0 atom stereocenters. The first-order valence-electron chi connectivity index (χ1n) is 5.56. The molecule has 20 heavy (non-hydrogen) atoms. The highest BCUT2D eigenvalue weighted by atomic mass is 35.5. The highest BCUT2D eigenvalue weighted by Gasteiger charge is 2.18. The number of ether oxygens (including phenoxy) is 1. The van der Waals surface area contributed by atoms with Gasteiger partial charge in [-0.05, 0) is 24.3 Å². The van der Waals surface area contributed by atoms with Crippen molar-refractivity contribution in [3.63, 3.8) is 0 Å². The van der Waals surface area contributed by atoms with E-state index in [1.807, 2.05) is 0 Å². The predicted octanol–water partition coefficient (Wildman–Crippen LogP) is 3.95. The van der Waals surface area contributed by atoms with Crippen LogP contribution in [-0.2, 0) is 0 Å². The van der Waals surface area contributed by atoms with E-state index >= 15 is 0 Å². The van der Waals surface area contributed by atoms with Gasteiger partial charge in [0.2, 0.25) is 0 Å². The third kappa shape index (κ3) is 2.71. The van der Waals surface area contributed by atoms with Gasteiger partial charge in [0.15, 0.2) is 5.78 Å². The van der Waals surface area contributed by atoms with E-state index in [4.69, 9.17) is 33.7 Å². The van der Waals surface area contributed by atoms with E-state index < -0.39 is 11.6 Å². The van der Waals surface area contributed by atoms with E-state index in [2.05, 4.69) is 0 Å². The Balaban J connectivity index is 2.51. The molecule has 0 aliphatic rings. The SMILES string of the molecule is COc1cc(Cl)c(C(=O)c2ccc(F)cc2N)cc1Cl. The first kappa shape index (κ1) is 14.6. The summed E-state index contributed by atoms with van der Waals surface area (Å²) in [6.07, 6.45) is 0. The fourth-order valence-electron chi connectivity index (χ4n) is 1.74. The smallest absolute Gasteiger partial charge is 0.196 e. The van der Waals surface area contributed by atoms with Gasteiger partial charge in [-0.1, -0.05) is 23.2 Å². The number of hydrogen-bond donors (Lipinski definition) is 1. The molecular formula is C14H10Cl2FNO2. The first-order valence-corrected chi connectivity index (χ1v) is 6.32. The fourth-order valence-corrected chi connectivity index (χ4v) is 2.22. The summed E-state index contributed by atoms with van der Waals surface area (Å²) in [5, 5.41) is 0.431. The van der Waals surface area contributed by atoms with Crippen molar-refractivity contribution in [2.75, 3.05) is 12.8 Å². The van der Waals surface area contributed by atoms with Crippen molar-refractivity contribution in [3.8, 4) is 5.75 Å². The molecular weight excluding hydrogens is 304 g/mol. The molecule has 0 amide bonds. The van der Waals surface area contributed by atoms with Gasteiger partial charge in [-0.2, -0.15) is 0 Å². The Hall–Kier alpha value is -1.78. The standard InChI is InChI=1S/C14H10Cl2FNO2/c1-20-13-6-10(15)9(5-11(13)16)14(19)8-3-2-7(17)4-12(8)18/h2-6H,18H2,1H3. The van der Waals surface area contributed by atoms with Crippen molar-refractivity contribution in [1.29, 1.82) is 0 Å². The number of ketones is 1. The second-order valence-corrected chi connectivity index (χ2v) is 4.84. The summed E-state index contributed by atoms with van der Waals surface area (Å²) in [7, 11) is 1.44. The van der Waals surface area contributed by atoms with Crippen LogP contribution in [0.25, 0.3) is 0 Å². The maximum Gasteiger partial charge on any atom is 0.196 e. The molecule has 0 aliphatic carbocycles. The number of benzene rings is 2. The van der Waals surface area contributed by atoms with Gasteiger partial charge >= 0.3 is 0 Å². The number of halogens is 3. The highest BCUT2D eigenvalue weighted by Crippen LogP contribution is 2.32. The molecule has 104 valence electrons. The molecule has 2 N–H and O–H groups in total. The molecule has 0 fully saturated rings. The van der Waals surface area contributed by atoms with Crippen LogP contribution >= 0.6 is 23.2 Å². The molecule has 0 heterocycles. The summed E-state index contributed by atoms with van der Waals surface area (Å²) < 4.78 is 18.0. The van der Waals surface area contributed by atoms with Gasteiger partial charge < -0.3 is 10.5 Å². The van der Waals surface area contributed by atoms with E-state index in [1.165, 1.54) is 25.3 Å². The van der Waals surface area contributed by atoms with Crippen LogP contribution in [0, 0.1) is 5.82 Å². The Kier molecular flexibility index (Phi) is 4.16. The van der Waals surface area contributed by atoms with Crippen molar-refractivity contribution in [1.82, 2.24) is 0 Å². The number of anilines is 1. The zero-order valence-electron chi connectivity index (χ0n) is 10.4. The second kappa shape index (κ2) is 5.69. The van der Waals surface area contributed by atoms with Crippen LogP contribution in [0.5, 0.6) is 5.75 Å². The quantitative estimate of drug-likeness (QED) is 0.689. The average Bonchev–Trinajstić information content (AvgIpc) is 2.40. The van der Waals surface area contributed by atoms with Crippen LogP contribution in [0.15, 0.2) is 30.3 Å². The summed E-state index contributed by atoms with van der Waals surface area (Å²) in [5.41, 5.74) is 6.02. The van der Waals surface area contributed by atoms with E-state index in [0.29, 0.717) is 5.75 Å². The number of rotatable bonds is 3. The fraction of sp³-hybridized carbons (Fsp3) is 0.0714. The Morgan fingerprint density at radius 3 is 2.45 bits per heavy atom. The number of hydrogen-bond acceptors (Lipinski definition) is 3. The van der Waals surface area contributed by atoms with Gasteiger partial charge in [-0.3, -0.25) is 4.79 Å². The molecule has 2 aromatic carbocycles. The van der Waals surface area contributed by atoms with Crippen molar-refractivity contribution >= 4 is 34.7 Å². The lowest BCUT2D eigenvalue weighted by atomic mass is 10.0. The van der Waals surface area contributed by atoms with Gasteiger partial charge in [0.05, 0.1) is 17.2 Å². The van der Waals surface area contributed by atoms with Crippen LogP contribution in [-0.4, -0.2) is 12.9 Å². The maximum absolute atomic E-state index is 13.0. The molecule has 2 aromatic rings. The predicted molar refractivity (Wildman–Crippen MR) is 77.3 cm³/mol. The van der Waals surface area contributed by atoms with Gasteiger partial charge in [0.1, 0.15) is 11.6 Å². The zero-order chi connectivity index (χ0) is 14.9. The molecule has 2 rings (SSSR count). The molecule has 6 heteroatoms. The molecule has 0 radical (unpaired) electrons. The van der Waals surface area contributed by atoms with Crippen LogP contribution < -0.4 is 10.5 Å². The lowest BCUT2D eigenvalue weighted by molar-refractivity contribution is 0.103. The number of carbonyl (C=O) groups excluding carboxylic acids is 1. The summed E-state index contributed by atoms with van der Waals surface area (Å²) in [6.45, 7) is 0. The minimum absolute atomic E-state index is 0.0398. The monoisotopic (exact) mass is 313 g/mol. The summed E-state index contributed by atoms with van der Waals surface area (Å²) >= 11 is 12.0. The number of methoxy groups -OCH3 is 1. The van der Waals surface area contributed by atoms with Gasteiger partial charge in [-0.25, -0.2) is 4.39 Å². The van der Waals surface area contributed by atoms with Gasteiger partial charge in [0.25, 0.3) is 0 Å². The lowest BCUT2D eigenvalue weighted by Gasteiger charge is -2.09. The van der Waals surface area contributed by atoms with Crippen LogP contribution in [0.2, 0.25) is 10.0 Å². The molecule has 0 bridgehead atoms. The Bertz CT molecular complexity index is 689. The van der Waals surface area contributed by atoms with Gasteiger partial charge in [-0.15, -0.1) is 0 Å². The normalized spacial score (nSPS) is 10.4. The van der Waals surface area contributed by atoms with Crippen LogP contribution in [0.1, 0.15) is 15.9 Å². The third-order valence-electron chi connectivity index (χ3n) is 2.74. The number of nitrogen functional groups attached to an aromatic ring is 1. The molecule has 0 aromatic heterocycles. The second-order valence-electron chi connectivity index (χ2n) is 4.03. The van der Waals surface area contributed by atoms with Crippen molar-refractivity contribution < 1.29 is 13.9 Å². The van der Waals surface area contributed by atoms with Gasteiger partial charge in [0, 0.05) is 22.9 Å². The largest absolute Gasteiger partial charge is 0.495 e. The first-order chi connectivity index (χ1) is 9.43. The molecule has 0 saturated heterocycles. The van der Waals surface area contributed by atoms with E-state index in [1.54, 1.807) is 0 Å². The van der Waals surface area contributed by atoms with Crippen molar-refractivity contribution in [3.05, 3.63) is 57.3 Å². The van der Waals surface area contributed by atoms with E-state index in [9.17, 15) is 9.18 Å². The summed E-state index contributed by atoms with van der Waals surface area (Å²) in [4.78, 5) is 12.4. The topological polar surface area (TPSA) is 52.3 Å². The molecule has 3 nitrogen and oxygen atoms in total. The lowest BCUT2D eigenvalue weighted by Crippen LogP contribution is -2.07. The third-order valence-corrected chi connectivity index (χ3v) is 3.35. The Labute approximate surface area is 125 Å². The minimum Gasteiger partial charge on any atom is -0.495 e. The van der Waals surface area contributed by atoms with Crippen LogP contribution in [0.4, 0.5) is 10.1 Å². The summed E-state index contributed by atoms with van der Waals surface area (Å²) in [5.74, 6) is -0.588. The van der Waals surface area contributed by atoms with E-state index in [-0.39, 0.29) is 26.9 Å². The maximum atomic E-state index is 13.0. The minimum atomic E-state index is -0.516. The van der Waals surface area contributed by atoms with Crippen LogP contribution in [0.3, 0.4) is 0 Å². The zero-order valence-corrected chi connectivity index (χ0v) is 11.9. The van der Waals surface area contributed by atoms with E-state index in [0.717, 1.165) is 12.1 Å². The number of carbonyl (C=O) groups is 1. The molecule has 0 saturated carbocycles. The summed E-state index contributed by atoms with van der Waals surface area (Å²) in [6, 6.07) is 6.38. The Morgan fingerprint density at radius 1 is 1.15 bits per heavy atom.